The number of alkyl carbamates (subject to hydrolysis) is 1. The largest absolute Gasteiger partial charge is 0.494 e. The van der Waals surface area contributed by atoms with Crippen LogP contribution in [0.3, 0.4) is 0 Å². The molecule has 1 aliphatic rings. The zero-order valence-electron chi connectivity index (χ0n) is 19.5. The number of ether oxygens (including phenoxy) is 2. The molecule has 1 heterocycles. The predicted molar refractivity (Wildman–Crippen MR) is 126 cm³/mol. The summed E-state index contributed by atoms with van der Waals surface area (Å²) < 4.78 is 10.9. The molecule has 5 nitrogen and oxygen atoms in total. The van der Waals surface area contributed by atoms with E-state index in [2.05, 4.69) is 58.7 Å². The summed E-state index contributed by atoms with van der Waals surface area (Å²) in [5.74, 6) is 1.50. The van der Waals surface area contributed by atoms with Crippen LogP contribution in [-0.2, 0) is 4.74 Å². The van der Waals surface area contributed by atoms with Gasteiger partial charge >= 0.3 is 6.09 Å². The standard InChI is InChI=1S/C26H36N2O3/c1-6-30-24-13-11-23(12-14-24)28-17-15-22(16-18-28)21-9-7-20(8-10-21)19(2)27-25(29)31-26(3,4)5/h7-14,19,22H,6,15-18H2,1-5H3,(H,27,29)/t19-/m0/s1. The molecule has 0 bridgehead atoms. The van der Waals surface area contributed by atoms with Crippen LogP contribution in [0.4, 0.5) is 10.5 Å². The lowest BCUT2D eigenvalue weighted by Crippen LogP contribution is -2.34. The van der Waals surface area contributed by atoms with E-state index >= 15 is 0 Å². The minimum Gasteiger partial charge on any atom is -0.494 e. The van der Waals surface area contributed by atoms with Gasteiger partial charge in [0, 0.05) is 18.8 Å². The van der Waals surface area contributed by atoms with E-state index in [9.17, 15) is 4.79 Å². The monoisotopic (exact) mass is 424 g/mol. The normalized spacial score (nSPS) is 16.0. The molecule has 0 spiro atoms. The first kappa shape index (κ1) is 23.0. The third kappa shape index (κ3) is 6.65. The van der Waals surface area contributed by atoms with Crippen LogP contribution < -0.4 is 15.0 Å². The van der Waals surface area contributed by atoms with Crippen molar-refractivity contribution in [3.05, 3.63) is 59.7 Å². The summed E-state index contributed by atoms with van der Waals surface area (Å²) >= 11 is 0. The number of hydrogen-bond acceptors (Lipinski definition) is 4. The quantitative estimate of drug-likeness (QED) is 0.613. The van der Waals surface area contributed by atoms with Crippen LogP contribution in [0.25, 0.3) is 0 Å². The molecule has 0 aromatic heterocycles. The maximum Gasteiger partial charge on any atom is 0.408 e. The van der Waals surface area contributed by atoms with Crippen molar-refractivity contribution in [1.82, 2.24) is 5.32 Å². The Kier molecular flexibility index (Phi) is 7.47. The van der Waals surface area contributed by atoms with Crippen molar-refractivity contribution in [3.8, 4) is 5.75 Å². The summed E-state index contributed by atoms with van der Waals surface area (Å²) in [7, 11) is 0. The molecular weight excluding hydrogens is 388 g/mol. The predicted octanol–water partition coefficient (Wildman–Crippen LogP) is 6.06. The summed E-state index contributed by atoms with van der Waals surface area (Å²) in [6.07, 6.45) is 1.89. The van der Waals surface area contributed by atoms with E-state index in [0.717, 1.165) is 37.2 Å². The highest BCUT2D eigenvalue weighted by Crippen LogP contribution is 2.31. The molecule has 1 atom stereocenters. The van der Waals surface area contributed by atoms with E-state index in [1.54, 1.807) is 0 Å². The average Bonchev–Trinajstić information content (AvgIpc) is 2.73. The number of piperidine rings is 1. The van der Waals surface area contributed by atoms with Crippen LogP contribution in [0.1, 0.15) is 70.5 Å². The molecule has 31 heavy (non-hydrogen) atoms. The molecule has 5 heteroatoms. The first-order valence-electron chi connectivity index (χ1n) is 11.3. The molecule has 2 aromatic carbocycles. The van der Waals surface area contributed by atoms with Gasteiger partial charge in [0.15, 0.2) is 0 Å². The molecular formula is C26H36N2O3. The first-order valence-corrected chi connectivity index (χ1v) is 11.3. The Morgan fingerprint density at radius 1 is 1.06 bits per heavy atom. The molecule has 0 aliphatic carbocycles. The fraction of sp³-hybridized carbons (Fsp3) is 0.500. The van der Waals surface area contributed by atoms with Gasteiger partial charge in [-0.25, -0.2) is 4.79 Å². The Bertz CT molecular complexity index is 832. The summed E-state index contributed by atoms with van der Waals surface area (Å²) in [5, 5.41) is 2.91. The van der Waals surface area contributed by atoms with Crippen LogP contribution in [-0.4, -0.2) is 31.4 Å². The number of anilines is 1. The van der Waals surface area contributed by atoms with E-state index in [1.165, 1.54) is 11.3 Å². The highest BCUT2D eigenvalue weighted by atomic mass is 16.6. The molecule has 0 radical (unpaired) electrons. The molecule has 2 aromatic rings. The van der Waals surface area contributed by atoms with E-state index in [0.29, 0.717) is 12.5 Å². The topological polar surface area (TPSA) is 50.8 Å². The van der Waals surface area contributed by atoms with E-state index in [-0.39, 0.29) is 12.1 Å². The van der Waals surface area contributed by atoms with Gasteiger partial charge in [-0.2, -0.15) is 0 Å². The lowest BCUT2D eigenvalue weighted by atomic mass is 9.88. The number of rotatable bonds is 6. The van der Waals surface area contributed by atoms with Gasteiger partial charge in [-0.3, -0.25) is 0 Å². The molecule has 0 unspecified atom stereocenters. The van der Waals surface area contributed by atoms with Crippen molar-refractivity contribution in [2.75, 3.05) is 24.6 Å². The number of carbonyl (C=O) groups is 1. The molecule has 1 amide bonds. The fourth-order valence-electron chi connectivity index (χ4n) is 4.02. The number of nitrogens with zero attached hydrogens (tertiary/aromatic N) is 1. The van der Waals surface area contributed by atoms with Crippen molar-refractivity contribution >= 4 is 11.8 Å². The molecule has 168 valence electrons. The second-order valence-electron chi connectivity index (χ2n) is 9.22. The third-order valence-electron chi connectivity index (χ3n) is 5.65. The van der Waals surface area contributed by atoms with Crippen molar-refractivity contribution in [1.29, 1.82) is 0 Å². The van der Waals surface area contributed by atoms with Crippen molar-refractivity contribution < 1.29 is 14.3 Å². The van der Waals surface area contributed by atoms with Gasteiger partial charge in [-0.15, -0.1) is 0 Å². The van der Waals surface area contributed by atoms with Gasteiger partial charge in [0.2, 0.25) is 0 Å². The summed E-state index contributed by atoms with van der Waals surface area (Å²) in [4.78, 5) is 14.5. The molecule has 0 saturated carbocycles. The molecule has 3 rings (SSSR count). The van der Waals surface area contributed by atoms with Crippen LogP contribution in [0, 0.1) is 0 Å². The molecule has 1 aliphatic heterocycles. The lowest BCUT2D eigenvalue weighted by Gasteiger charge is -2.34. The minimum atomic E-state index is -0.492. The SMILES string of the molecule is CCOc1ccc(N2CCC(c3ccc([C@H](C)NC(=O)OC(C)(C)C)cc3)CC2)cc1. The lowest BCUT2D eigenvalue weighted by molar-refractivity contribution is 0.0508. The van der Waals surface area contributed by atoms with E-state index in [1.807, 2.05) is 34.6 Å². The zero-order chi connectivity index (χ0) is 22.4. The second kappa shape index (κ2) is 10.1. The third-order valence-corrected chi connectivity index (χ3v) is 5.65. The van der Waals surface area contributed by atoms with Crippen LogP contribution in [0.2, 0.25) is 0 Å². The van der Waals surface area contributed by atoms with Gasteiger partial charge < -0.3 is 19.7 Å². The van der Waals surface area contributed by atoms with Gasteiger partial charge in [-0.05, 0) is 88.8 Å². The van der Waals surface area contributed by atoms with Gasteiger partial charge in [0.25, 0.3) is 0 Å². The Morgan fingerprint density at radius 3 is 2.23 bits per heavy atom. The number of hydrogen-bond donors (Lipinski definition) is 1. The Labute approximate surface area is 186 Å². The summed E-state index contributed by atoms with van der Waals surface area (Å²) in [6.45, 7) is 12.4. The van der Waals surface area contributed by atoms with E-state index in [4.69, 9.17) is 9.47 Å². The molecule has 1 saturated heterocycles. The number of amides is 1. The smallest absolute Gasteiger partial charge is 0.408 e. The molecule has 1 N–H and O–H groups in total. The first-order chi connectivity index (χ1) is 14.7. The fourth-order valence-corrected chi connectivity index (χ4v) is 4.02. The Morgan fingerprint density at radius 2 is 1.68 bits per heavy atom. The summed E-state index contributed by atoms with van der Waals surface area (Å²) in [6, 6.07) is 17.0. The van der Waals surface area contributed by atoms with E-state index < -0.39 is 5.60 Å². The minimum absolute atomic E-state index is 0.0922. The maximum atomic E-state index is 12.0. The summed E-state index contributed by atoms with van der Waals surface area (Å²) in [5.41, 5.74) is 3.23. The van der Waals surface area contributed by atoms with Crippen molar-refractivity contribution in [3.63, 3.8) is 0 Å². The van der Waals surface area contributed by atoms with Crippen LogP contribution >= 0.6 is 0 Å². The second-order valence-corrected chi connectivity index (χ2v) is 9.22. The van der Waals surface area contributed by atoms with Gasteiger partial charge in [-0.1, -0.05) is 24.3 Å². The van der Waals surface area contributed by atoms with Crippen LogP contribution in [0.5, 0.6) is 5.75 Å². The Balaban J connectivity index is 1.52. The molecule has 1 fully saturated rings. The average molecular weight is 425 g/mol. The maximum absolute atomic E-state index is 12.0. The highest BCUT2D eigenvalue weighted by molar-refractivity contribution is 5.68. The number of nitrogens with one attached hydrogen (secondary N) is 1. The highest BCUT2D eigenvalue weighted by Gasteiger charge is 2.22. The Hall–Kier alpha value is -2.69. The van der Waals surface area contributed by atoms with Crippen LogP contribution in [0.15, 0.2) is 48.5 Å². The van der Waals surface area contributed by atoms with Crippen molar-refractivity contribution in [2.45, 2.75) is 65.0 Å². The zero-order valence-corrected chi connectivity index (χ0v) is 19.5. The number of benzene rings is 2. The van der Waals surface area contributed by atoms with Gasteiger partial charge in [0.05, 0.1) is 12.6 Å². The van der Waals surface area contributed by atoms with Crippen molar-refractivity contribution in [2.24, 2.45) is 0 Å². The van der Waals surface area contributed by atoms with Gasteiger partial charge in [0.1, 0.15) is 11.4 Å². The number of carbonyl (C=O) groups excluding carboxylic acids is 1.